The maximum Gasteiger partial charge on any atom is 0.326 e. The van der Waals surface area contributed by atoms with Gasteiger partial charge in [0.15, 0.2) is 0 Å². The predicted octanol–water partition coefficient (Wildman–Crippen LogP) is 1.59. The van der Waals surface area contributed by atoms with Crippen molar-refractivity contribution in [1.29, 1.82) is 0 Å². The lowest BCUT2D eigenvalue weighted by Crippen LogP contribution is -2.44. The van der Waals surface area contributed by atoms with Crippen molar-refractivity contribution in [3.63, 3.8) is 0 Å². The number of benzene rings is 1. The molecule has 0 bridgehead atoms. The summed E-state index contributed by atoms with van der Waals surface area (Å²) < 4.78 is 13.3. The van der Waals surface area contributed by atoms with Crippen LogP contribution in [0.1, 0.15) is 19.4 Å². The molecule has 1 aromatic rings. The van der Waals surface area contributed by atoms with Gasteiger partial charge in [0, 0.05) is 0 Å². The van der Waals surface area contributed by atoms with E-state index in [4.69, 9.17) is 5.11 Å². The average Bonchev–Trinajstić information content (AvgIpc) is 2.28. The number of nitrogens with one attached hydrogen (secondary N) is 1. The second-order valence-corrected chi connectivity index (χ2v) is 4.40. The molecule has 4 nitrogen and oxygen atoms in total. The fourth-order valence-electron chi connectivity index (χ4n) is 1.55. The standard InChI is InChI=1S/C13H16FNO3/c1-8(2)12(13(17)18)15-11(16)7-9-5-3-4-6-10(9)14/h3-6,8,12H,7H2,1-2H3,(H,15,16)(H,17,18). The number of rotatable bonds is 5. The SMILES string of the molecule is CC(C)C(NC(=O)Cc1ccccc1F)C(=O)O. The zero-order valence-electron chi connectivity index (χ0n) is 10.3. The summed E-state index contributed by atoms with van der Waals surface area (Å²) in [7, 11) is 0. The summed E-state index contributed by atoms with van der Waals surface area (Å²) in [6.07, 6.45) is -0.164. The Morgan fingerprint density at radius 3 is 2.44 bits per heavy atom. The Hall–Kier alpha value is -1.91. The Morgan fingerprint density at radius 1 is 1.33 bits per heavy atom. The second-order valence-electron chi connectivity index (χ2n) is 4.40. The highest BCUT2D eigenvalue weighted by Gasteiger charge is 2.23. The van der Waals surface area contributed by atoms with Crippen LogP contribution in [0.25, 0.3) is 0 Å². The molecule has 0 aliphatic rings. The van der Waals surface area contributed by atoms with Crippen molar-refractivity contribution < 1.29 is 19.1 Å². The zero-order chi connectivity index (χ0) is 13.7. The number of carboxylic acid groups (broad SMARTS) is 1. The molecular formula is C13H16FNO3. The minimum Gasteiger partial charge on any atom is -0.480 e. The largest absolute Gasteiger partial charge is 0.480 e. The third-order valence-corrected chi connectivity index (χ3v) is 2.56. The molecule has 1 rings (SSSR count). The fraction of sp³-hybridized carbons (Fsp3) is 0.385. The van der Waals surface area contributed by atoms with Crippen LogP contribution < -0.4 is 5.32 Å². The molecule has 2 N–H and O–H groups in total. The fourth-order valence-corrected chi connectivity index (χ4v) is 1.55. The van der Waals surface area contributed by atoms with Crippen molar-refractivity contribution in [3.05, 3.63) is 35.6 Å². The van der Waals surface area contributed by atoms with Crippen LogP contribution in [0.5, 0.6) is 0 Å². The summed E-state index contributed by atoms with van der Waals surface area (Å²) in [5.41, 5.74) is 0.253. The Bertz CT molecular complexity index is 446. The smallest absolute Gasteiger partial charge is 0.326 e. The molecule has 0 fully saturated rings. The summed E-state index contributed by atoms with van der Waals surface area (Å²) in [6, 6.07) is 4.97. The lowest BCUT2D eigenvalue weighted by atomic mass is 10.0. The molecule has 1 atom stereocenters. The number of carboxylic acids is 1. The van der Waals surface area contributed by atoms with E-state index in [1.807, 2.05) is 0 Å². The Morgan fingerprint density at radius 2 is 1.94 bits per heavy atom. The van der Waals surface area contributed by atoms with E-state index in [-0.39, 0.29) is 17.9 Å². The van der Waals surface area contributed by atoms with Crippen LogP contribution in [0.3, 0.4) is 0 Å². The molecule has 1 amide bonds. The maximum absolute atomic E-state index is 13.3. The number of carbonyl (C=O) groups is 2. The van der Waals surface area contributed by atoms with E-state index < -0.39 is 23.7 Å². The van der Waals surface area contributed by atoms with Crippen molar-refractivity contribution in [2.45, 2.75) is 26.3 Å². The van der Waals surface area contributed by atoms with Crippen LogP contribution >= 0.6 is 0 Å². The van der Waals surface area contributed by atoms with Crippen molar-refractivity contribution in [1.82, 2.24) is 5.32 Å². The molecule has 0 aliphatic heterocycles. The number of aliphatic carboxylic acids is 1. The molecule has 0 aromatic heterocycles. The quantitative estimate of drug-likeness (QED) is 0.837. The minimum absolute atomic E-state index is 0.164. The first-order valence-corrected chi connectivity index (χ1v) is 5.67. The molecule has 0 spiro atoms. The van der Waals surface area contributed by atoms with Crippen LogP contribution in [0, 0.1) is 11.7 Å². The van der Waals surface area contributed by atoms with E-state index in [0.29, 0.717) is 0 Å². The van der Waals surface area contributed by atoms with Crippen LogP contribution in [0.4, 0.5) is 4.39 Å². The van der Waals surface area contributed by atoms with Gasteiger partial charge in [-0.1, -0.05) is 32.0 Å². The molecule has 18 heavy (non-hydrogen) atoms. The van der Waals surface area contributed by atoms with Gasteiger partial charge in [-0.25, -0.2) is 9.18 Å². The first-order valence-electron chi connectivity index (χ1n) is 5.67. The van der Waals surface area contributed by atoms with Gasteiger partial charge >= 0.3 is 5.97 Å². The topological polar surface area (TPSA) is 66.4 Å². The highest BCUT2D eigenvalue weighted by molar-refractivity contribution is 5.85. The van der Waals surface area contributed by atoms with E-state index >= 15 is 0 Å². The number of carbonyl (C=O) groups excluding carboxylic acids is 1. The van der Waals surface area contributed by atoms with Crippen LogP contribution in [-0.4, -0.2) is 23.0 Å². The Balaban J connectivity index is 2.67. The monoisotopic (exact) mass is 253 g/mol. The maximum atomic E-state index is 13.3. The van der Waals surface area contributed by atoms with E-state index in [0.717, 1.165) is 0 Å². The van der Waals surface area contributed by atoms with E-state index in [1.165, 1.54) is 18.2 Å². The van der Waals surface area contributed by atoms with Gasteiger partial charge in [0.1, 0.15) is 11.9 Å². The van der Waals surface area contributed by atoms with Crippen molar-refractivity contribution in [3.8, 4) is 0 Å². The zero-order valence-corrected chi connectivity index (χ0v) is 10.3. The van der Waals surface area contributed by atoms with Crippen LogP contribution in [0.2, 0.25) is 0 Å². The average molecular weight is 253 g/mol. The Labute approximate surface area is 105 Å². The van der Waals surface area contributed by atoms with Gasteiger partial charge in [-0.3, -0.25) is 4.79 Å². The Kier molecular flexibility index (Phi) is 4.83. The molecule has 1 aromatic carbocycles. The number of hydrogen-bond acceptors (Lipinski definition) is 2. The van der Waals surface area contributed by atoms with E-state index in [9.17, 15) is 14.0 Å². The molecule has 0 radical (unpaired) electrons. The van der Waals surface area contributed by atoms with E-state index in [1.54, 1.807) is 19.9 Å². The van der Waals surface area contributed by atoms with Gasteiger partial charge in [0.25, 0.3) is 0 Å². The molecule has 5 heteroatoms. The summed E-state index contributed by atoms with van der Waals surface area (Å²) >= 11 is 0. The van der Waals surface area contributed by atoms with E-state index in [2.05, 4.69) is 5.32 Å². The van der Waals surface area contributed by atoms with Gasteiger partial charge < -0.3 is 10.4 Å². The molecule has 0 aliphatic carbocycles. The summed E-state index contributed by atoms with van der Waals surface area (Å²) in [5, 5.41) is 11.3. The third kappa shape index (κ3) is 3.84. The van der Waals surface area contributed by atoms with Crippen molar-refractivity contribution in [2.24, 2.45) is 5.92 Å². The van der Waals surface area contributed by atoms with Gasteiger partial charge in [0.2, 0.25) is 5.91 Å². The first-order chi connectivity index (χ1) is 8.41. The highest BCUT2D eigenvalue weighted by Crippen LogP contribution is 2.08. The summed E-state index contributed by atoms with van der Waals surface area (Å²) in [5.74, 6) is -2.29. The highest BCUT2D eigenvalue weighted by atomic mass is 19.1. The second kappa shape index (κ2) is 6.14. The van der Waals surface area contributed by atoms with Gasteiger partial charge in [0.05, 0.1) is 6.42 Å². The molecule has 0 saturated carbocycles. The molecular weight excluding hydrogens is 237 g/mol. The van der Waals surface area contributed by atoms with Crippen molar-refractivity contribution in [2.75, 3.05) is 0 Å². The normalized spacial score (nSPS) is 12.2. The third-order valence-electron chi connectivity index (χ3n) is 2.56. The van der Waals surface area contributed by atoms with Gasteiger partial charge in [-0.15, -0.1) is 0 Å². The summed E-state index contributed by atoms with van der Waals surface area (Å²) in [6.45, 7) is 3.39. The number of halogens is 1. The van der Waals surface area contributed by atoms with Gasteiger partial charge in [-0.2, -0.15) is 0 Å². The molecule has 98 valence electrons. The molecule has 1 unspecified atom stereocenters. The lowest BCUT2D eigenvalue weighted by molar-refractivity contribution is -0.143. The lowest BCUT2D eigenvalue weighted by Gasteiger charge is -2.17. The van der Waals surface area contributed by atoms with Crippen LogP contribution in [0.15, 0.2) is 24.3 Å². The number of amides is 1. The van der Waals surface area contributed by atoms with Crippen LogP contribution in [-0.2, 0) is 16.0 Å². The predicted molar refractivity (Wildman–Crippen MR) is 64.5 cm³/mol. The number of hydrogen-bond donors (Lipinski definition) is 2. The summed E-state index contributed by atoms with van der Waals surface area (Å²) in [4.78, 5) is 22.5. The molecule has 0 heterocycles. The minimum atomic E-state index is -1.09. The molecule has 0 saturated heterocycles. The van der Waals surface area contributed by atoms with Gasteiger partial charge in [-0.05, 0) is 17.5 Å². The first kappa shape index (κ1) is 14.2. The van der Waals surface area contributed by atoms with Crippen molar-refractivity contribution >= 4 is 11.9 Å².